The van der Waals surface area contributed by atoms with E-state index < -0.39 is 35.7 Å². The number of rotatable bonds is 4. The summed E-state index contributed by atoms with van der Waals surface area (Å²) in [7, 11) is 0. The van der Waals surface area contributed by atoms with E-state index in [9.17, 15) is 27.9 Å². The van der Waals surface area contributed by atoms with Gasteiger partial charge in [0.15, 0.2) is 0 Å². The van der Waals surface area contributed by atoms with E-state index >= 15 is 0 Å². The van der Waals surface area contributed by atoms with Gasteiger partial charge in [0.2, 0.25) is 5.60 Å². The smallest absolute Gasteiger partial charge is 0.375 e. The molecule has 138 valence electrons. The van der Waals surface area contributed by atoms with E-state index in [0.717, 1.165) is 12.1 Å². The maximum Gasteiger partial charge on any atom is 0.423 e. The lowest BCUT2D eigenvalue weighted by atomic mass is 9.93. The lowest BCUT2D eigenvalue weighted by Gasteiger charge is -2.31. The van der Waals surface area contributed by atoms with Crippen LogP contribution in [0.15, 0.2) is 54.6 Å². The zero-order chi connectivity index (χ0) is 19.4. The molecule has 0 saturated heterocycles. The maximum atomic E-state index is 13.3. The Morgan fingerprint density at radius 3 is 2.12 bits per heavy atom. The van der Waals surface area contributed by atoms with Crippen molar-refractivity contribution >= 4 is 29.1 Å². The third-order valence-electron chi connectivity index (χ3n) is 3.55. The summed E-state index contributed by atoms with van der Waals surface area (Å²) in [4.78, 5) is 23.6. The van der Waals surface area contributed by atoms with Crippen molar-refractivity contribution in [3.63, 3.8) is 0 Å². The predicted octanol–water partition coefficient (Wildman–Crippen LogP) is 2.84. The first-order chi connectivity index (χ1) is 12.1. The molecule has 0 aromatic heterocycles. The second kappa shape index (κ2) is 7.76. The number of carbonyl (C=O) groups excluding carboxylic acids is 2. The highest BCUT2D eigenvalue weighted by Crippen LogP contribution is 2.38. The molecule has 1 atom stereocenters. The van der Waals surface area contributed by atoms with Crippen LogP contribution < -0.4 is 10.6 Å². The molecule has 0 heterocycles. The van der Waals surface area contributed by atoms with Gasteiger partial charge < -0.3 is 15.7 Å². The molecule has 2 aromatic rings. The number of nitrogens with one attached hydrogen (secondary N) is 2. The van der Waals surface area contributed by atoms with Gasteiger partial charge in [-0.3, -0.25) is 9.59 Å². The molecule has 0 radical (unpaired) electrons. The number of para-hydroxylation sites is 1. The van der Waals surface area contributed by atoms with Crippen LogP contribution in [0.3, 0.4) is 0 Å². The highest BCUT2D eigenvalue weighted by Gasteiger charge is 2.55. The Hall–Kier alpha value is -2.58. The van der Waals surface area contributed by atoms with E-state index in [-0.39, 0.29) is 10.7 Å². The van der Waals surface area contributed by atoms with Crippen LogP contribution in [0.2, 0.25) is 5.02 Å². The van der Waals surface area contributed by atoms with Gasteiger partial charge in [-0.15, -0.1) is 0 Å². The number of amides is 2. The van der Waals surface area contributed by atoms with Crippen molar-refractivity contribution in [1.29, 1.82) is 0 Å². The van der Waals surface area contributed by atoms with Crippen molar-refractivity contribution < 1.29 is 27.9 Å². The summed E-state index contributed by atoms with van der Waals surface area (Å²) < 4.78 is 40.0. The van der Waals surface area contributed by atoms with E-state index in [1.165, 1.54) is 30.3 Å². The number of carbonyl (C=O) groups is 2. The molecule has 0 aliphatic carbocycles. The minimum absolute atomic E-state index is 0.128. The first-order valence-corrected chi connectivity index (χ1v) is 7.71. The van der Waals surface area contributed by atoms with Crippen LogP contribution in [0.25, 0.3) is 0 Å². The van der Waals surface area contributed by atoms with E-state index in [1.807, 2.05) is 0 Å². The van der Waals surface area contributed by atoms with Crippen LogP contribution in [-0.2, 0) is 15.2 Å². The Kier molecular flexibility index (Phi) is 5.89. The third-order valence-corrected chi connectivity index (χ3v) is 3.88. The molecule has 0 aliphatic rings. The molecular formula is C17H14ClF3N2O3. The number of halogens is 4. The SMILES string of the molecule is O=C(NC[C@](O)(c1ccccc1)C(F)(F)F)C(=O)Nc1ccccc1Cl. The zero-order valence-electron chi connectivity index (χ0n) is 13.2. The topological polar surface area (TPSA) is 78.4 Å². The summed E-state index contributed by atoms with van der Waals surface area (Å²) in [5.41, 5.74) is -3.67. The molecule has 2 rings (SSSR count). The quantitative estimate of drug-likeness (QED) is 0.707. The molecule has 0 aliphatic heterocycles. The van der Waals surface area contributed by atoms with E-state index in [4.69, 9.17) is 11.6 Å². The number of benzene rings is 2. The van der Waals surface area contributed by atoms with Crippen LogP contribution in [0.1, 0.15) is 5.56 Å². The van der Waals surface area contributed by atoms with Gasteiger partial charge in [-0.05, 0) is 17.7 Å². The summed E-state index contributed by atoms with van der Waals surface area (Å²) in [5.74, 6) is -2.56. The fourth-order valence-corrected chi connectivity index (χ4v) is 2.29. The highest BCUT2D eigenvalue weighted by molar-refractivity contribution is 6.41. The minimum Gasteiger partial charge on any atom is -0.375 e. The van der Waals surface area contributed by atoms with Crippen LogP contribution in [0.5, 0.6) is 0 Å². The van der Waals surface area contributed by atoms with Crippen LogP contribution in [0, 0.1) is 0 Å². The summed E-state index contributed by atoms with van der Waals surface area (Å²) in [6.45, 7) is -1.23. The first kappa shape index (κ1) is 19.7. The Bertz CT molecular complexity index is 799. The second-order valence-corrected chi connectivity index (χ2v) is 5.75. The first-order valence-electron chi connectivity index (χ1n) is 7.33. The molecule has 0 unspecified atom stereocenters. The van der Waals surface area contributed by atoms with Crippen molar-refractivity contribution in [3.8, 4) is 0 Å². The molecular weight excluding hydrogens is 373 g/mol. The Morgan fingerprint density at radius 2 is 1.54 bits per heavy atom. The Morgan fingerprint density at radius 1 is 0.962 bits per heavy atom. The summed E-state index contributed by atoms with van der Waals surface area (Å²) in [6.07, 6.45) is -5.07. The molecule has 3 N–H and O–H groups in total. The van der Waals surface area contributed by atoms with Crippen LogP contribution in [0.4, 0.5) is 18.9 Å². The Labute approximate surface area is 151 Å². The molecule has 9 heteroatoms. The lowest BCUT2D eigenvalue weighted by molar-refractivity contribution is -0.264. The maximum absolute atomic E-state index is 13.3. The second-order valence-electron chi connectivity index (χ2n) is 5.34. The molecule has 26 heavy (non-hydrogen) atoms. The highest BCUT2D eigenvalue weighted by atomic mass is 35.5. The van der Waals surface area contributed by atoms with Crippen molar-refractivity contribution in [3.05, 3.63) is 65.2 Å². The zero-order valence-corrected chi connectivity index (χ0v) is 13.9. The molecule has 2 aromatic carbocycles. The standard InChI is InChI=1S/C17H14ClF3N2O3/c18-12-8-4-5-9-13(12)23-15(25)14(24)22-10-16(26,17(19,20)21)11-6-2-1-3-7-11/h1-9,26H,10H2,(H,22,24)(H,23,25)/t16-/m0/s1. The normalized spacial score (nSPS) is 13.6. The van der Waals surface area contributed by atoms with Gasteiger partial charge in [0.05, 0.1) is 17.3 Å². The monoisotopic (exact) mass is 386 g/mol. The number of hydrogen-bond acceptors (Lipinski definition) is 3. The summed E-state index contributed by atoms with van der Waals surface area (Å²) in [5, 5.41) is 14.2. The number of hydrogen-bond donors (Lipinski definition) is 3. The van der Waals surface area contributed by atoms with Gasteiger partial charge in [0, 0.05) is 0 Å². The van der Waals surface area contributed by atoms with Gasteiger partial charge >= 0.3 is 18.0 Å². The molecule has 2 amide bonds. The van der Waals surface area contributed by atoms with E-state index in [2.05, 4.69) is 5.32 Å². The third kappa shape index (κ3) is 4.33. The number of aliphatic hydroxyl groups is 1. The predicted molar refractivity (Wildman–Crippen MR) is 89.5 cm³/mol. The minimum atomic E-state index is -5.07. The van der Waals surface area contributed by atoms with E-state index in [0.29, 0.717) is 0 Å². The van der Waals surface area contributed by atoms with Gasteiger partial charge in [0.25, 0.3) is 0 Å². The fourth-order valence-electron chi connectivity index (χ4n) is 2.11. The van der Waals surface area contributed by atoms with Crippen LogP contribution in [-0.4, -0.2) is 29.6 Å². The van der Waals surface area contributed by atoms with Gasteiger partial charge in [-0.25, -0.2) is 0 Å². The van der Waals surface area contributed by atoms with Gasteiger partial charge in [-0.2, -0.15) is 13.2 Å². The van der Waals surface area contributed by atoms with Crippen molar-refractivity contribution in [2.45, 2.75) is 11.8 Å². The number of anilines is 1. The fraction of sp³-hybridized carbons (Fsp3) is 0.176. The Balaban J connectivity index is 2.10. The molecule has 0 spiro atoms. The summed E-state index contributed by atoms with van der Waals surface area (Å²) >= 11 is 5.83. The van der Waals surface area contributed by atoms with Crippen molar-refractivity contribution in [2.24, 2.45) is 0 Å². The average molecular weight is 387 g/mol. The van der Waals surface area contributed by atoms with Crippen LogP contribution >= 0.6 is 11.6 Å². The van der Waals surface area contributed by atoms with Gasteiger partial charge in [-0.1, -0.05) is 54.1 Å². The summed E-state index contributed by atoms with van der Waals surface area (Å²) in [6, 6.07) is 12.3. The lowest BCUT2D eigenvalue weighted by Crippen LogP contribution is -2.52. The molecule has 0 saturated carbocycles. The van der Waals surface area contributed by atoms with Crippen molar-refractivity contribution in [2.75, 3.05) is 11.9 Å². The molecule has 5 nitrogen and oxygen atoms in total. The van der Waals surface area contributed by atoms with Gasteiger partial charge in [0.1, 0.15) is 0 Å². The molecule has 0 bridgehead atoms. The number of alkyl halides is 3. The van der Waals surface area contributed by atoms with Crippen molar-refractivity contribution in [1.82, 2.24) is 5.32 Å². The average Bonchev–Trinajstić information content (AvgIpc) is 2.61. The van der Waals surface area contributed by atoms with E-state index in [1.54, 1.807) is 17.4 Å². The largest absolute Gasteiger partial charge is 0.423 e. The molecule has 0 fully saturated rings.